The molecular weight excluding hydrogens is 380 g/mol. The number of urea groups is 1. The molecule has 1 aromatic rings. The lowest BCUT2D eigenvalue weighted by molar-refractivity contribution is -0.137. The Kier molecular flexibility index (Phi) is 6.30. The zero-order valence-corrected chi connectivity index (χ0v) is 13.5. The number of amides is 2. The van der Waals surface area contributed by atoms with Crippen molar-refractivity contribution in [3.8, 4) is 0 Å². The average Bonchev–Trinajstić information content (AvgIpc) is 2.29. The highest BCUT2D eigenvalue weighted by atomic mass is 79.9. The molecule has 0 bridgehead atoms. The standard InChI is InChI=1S/C12H14Br2N2O3/c1-7-5-8(13)11(9(14)6-7)16-12(19)15-4-2-3-10(17)18/h5-6H,2-4H2,1H3,(H,17,18)(H2,15,16,19). The van der Waals surface area contributed by atoms with Crippen LogP contribution in [0.1, 0.15) is 18.4 Å². The molecule has 2 amide bonds. The van der Waals surface area contributed by atoms with Crippen LogP contribution in [0.5, 0.6) is 0 Å². The van der Waals surface area contributed by atoms with E-state index in [4.69, 9.17) is 5.11 Å². The van der Waals surface area contributed by atoms with Gasteiger partial charge in [-0.3, -0.25) is 4.79 Å². The summed E-state index contributed by atoms with van der Waals surface area (Å²) in [7, 11) is 0. The molecule has 0 saturated carbocycles. The number of halogens is 2. The second-order valence-corrected chi connectivity index (χ2v) is 5.69. The van der Waals surface area contributed by atoms with E-state index in [0.717, 1.165) is 14.5 Å². The number of aliphatic carboxylic acids is 1. The monoisotopic (exact) mass is 392 g/mol. The predicted octanol–water partition coefficient (Wildman–Crippen LogP) is 3.51. The second kappa shape index (κ2) is 7.49. The van der Waals surface area contributed by atoms with E-state index in [1.54, 1.807) is 0 Å². The van der Waals surface area contributed by atoms with Crippen molar-refractivity contribution >= 4 is 49.5 Å². The number of hydrogen-bond acceptors (Lipinski definition) is 2. The highest BCUT2D eigenvalue weighted by Gasteiger charge is 2.09. The molecule has 0 heterocycles. The lowest BCUT2D eigenvalue weighted by atomic mass is 10.2. The molecule has 0 aliphatic carbocycles. The quantitative estimate of drug-likeness (QED) is 0.669. The Balaban J connectivity index is 2.51. The van der Waals surface area contributed by atoms with Gasteiger partial charge >= 0.3 is 12.0 Å². The maximum Gasteiger partial charge on any atom is 0.319 e. The summed E-state index contributed by atoms with van der Waals surface area (Å²) in [5, 5.41) is 13.8. The third-order valence-electron chi connectivity index (χ3n) is 2.28. The number of aryl methyl sites for hydroxylation is 1. The normalized spacial score (nSPS) is 10.1. The van der Waals surface area contributed by atoms with Crippen molar-refractivity contribution in [1.29, 1.82) is 0 Å². The minimum atomic E-state index is -0.869. The molecule has 0 aliphatic rings. The summed E-state index contributed by atoms with van der Waals surface area (Å²) >= 11 is 6.75. The fourth-order valence-electron chi connectivity index (χ4n) is 1.42. The second-order valence-electron chi connectivity index (χ2n) is 3.98. The number of benzene rings is 1. The van der Waals surface area contributed by atoms with Crippen LogP contribution in [0.25, 0.3) is 0 Å². The van der Waals surface area contributed by atoms with Gasteiger partial charge in [0.2, 0.25) is 0 Å². The van der Waals surface area contributed by atoms with E-state index in [1.165, 1.54) is 0 Å². The SMILES string of the molecule is Cc1cc(Br)c(NC(=O)NCCCC(=O)O)c(Br)c1. The summed E-state index contributed by atoms with van der Waals surface area (Å²) in [6, 6.07) is 3.42. The summed E-state index contributed by atoms with van der Waals surface area (Å²) in [5.74, 6) is -0.869. The van der Waals surface area contributed by atoms with Crippen LogP contribution in [-0.4, -0.2) is 23.7 Å². The van der Waals surface area contributed by atoms with E-state index < -0.39 is 5.97 Å². The Morgan fingerprint density at radius 3 is 2.37 bits per heavy atom. The first-order valence-electron chi connectivity index (χ1n) is 5.62. The van der Waals surface area contributed by atoms with Crippen LogP contribution < -0.4 is 10.6 Å². The summed E-state index contributed by atoms with van der Waals surface area (Å²) in [6.07, 6.45) is 0.442. The van der Waals surface area contributed by atoms with Crippen LogP contribution in [0.15, 0.2) is 21.1 Å². The van der Waals surface area contributed by atoms with Gasteiger partial charge in [-0.05, 0) is 62.9 Å². The number of nitrogens with one attached hydrogen (secondary N) is 2. The van der Waals surface area contributed by atoms with E-state index in [0.29, 0.717) is 18.7 Å². The molecule has 0 saturated heterocycles. The Morgan fingerprint density at radius 1 is 1.26 bits per heavy atom. The Bertz CT molecular complexity index is 469. The molecule has 0 unspecified atom stereocenters. The van der Waals surface area contributed by atoms with E-state index in [-0.39, 0.29) is 12.5 Å². The zero-order chi connectivity index (χ0) is 14.4. The van der Waals surface area contributed by atoms with Gasteiger partial charge in [-0.15, -0.1) is 0 Å². The third kappa shape index (κ3) is 5.61. The summed E-state index contributed by atoms with van der Waals surface area (Å²) in [6.45, 7) is 2.27. The van der Waals surface area contributed by atoms with Crippen molar-refractivity contribution in [2.75, 3.05) is 11.9 Å². The zero-order valence-electron chi connectivity index (χ0n) is 10.3. The fourth-order valence-corrected chi connectivity index (χ4v) is 3.03. The maximum absolute atomic E-state index is 11.6. The molecule has 0 aromatic heterocycles. The molecule has 0 atom stereocenters. The number of rotatable bonds is 5. The fraction of sp³-hybridized carbons (Fsp3) is 0.333. The molecule has 3 N–H and O–H groups in total. The number of carboxylic acid groups (broad SMARTS) is 1. The minimum Gasteiger partial charge on any atom is -0.481 e. The molecule has 0 aliphatic heterocycles. The van der Waals surface area contributed by atoms with Gasteiger partial charge in [-0.25, -0.2) is 4.79 Å². The minimum absolute atomic E-state index is 0.0399. The first-order valence-corrected chi connectivity index (χ1v) is 7.21. The molecule has 0 spiro atoms. The molecule has 1 rings (SSSR count). The third-order valence-corrected chi connectivity index (χ3v) is 3.53. The first-order chi connectivity index (χ1) is 8.90. The lowest BCUT2D eigenvalue weighted by Crippen LogP contribution is -2.30. The Morgan fingerprint density at radius 2 is 1.84 bits per heavy atom. The van der Waals surface area contributed by atoms with Gasteiger partial charge < -0.3 is 15.7 Å². The van der Waals surface area contributed by atoms with Gasteiger partial charge in [-0.1, -0.05) is 0 Å². The lowest BCUT2D eigenvalue weighted by Gasteiger charge is -2.11. The largest absolute Gasteiger partial charge is 0.481 e. The van der Waals surface area contributed by atoms with Crippen LogP contribution in [0.4, 0.5) is 10.5 Å². The molecule has 7 heteroatoms. The number of carboxylic acids is 1. The van der Waals surface area contributed by atoms with Crippen molar-refractivity contribution in [3.63, 3.8) is 0 Å². The molecule has 0 radical (unpaired) electrons. The summed E-state index contributed by atoms with van der Waals surface area (Å²) in [5.41, 5.74) is 1.70. The van der Waals surface area contributed by atoms with E-state index in [2.05, 4.69) is 42.5 Å². The highest BCUT2D eigenvalue weighted by Crippen LogP contribution is 2.32. The average molecular weight is 394 g/mol. The van der Waals surface area contributed by atoms with Crippen molar-refractivity contribution in [2.24, 2.45) is 0 Å². The number of carbonyl (C=O) groups excluding carboxylic acids is 1. The number of anilines is 1. The van der Waals surface area contributed by atoms with E-state index >= 15 is 0 Å². The van der Waals surface area contributed by atoms with Crippen molar-refractivity contribution in [1.82, 2.24) is 5.32 Å². The molecule has 19 heavy (non-hydrogen) atoms. The number of hydrogen-bond donors (Lipinski definition) is 3. The highest BCUT2D eigenvalue weighted by molar-refractivity contribution is 9.11. The van der Waals surface area contributed by atoms with Crippen molar-refractivity contribution in [2.45, 2.75) is 19.8 Å². The molecule has 0 fully saturated rings. The van der Waals surface area contributed by atoms with Crippen LogP contribution in [0.3, 0.4) is 0 Å². The van der Waals surface area contributed by atoms with Crippen molar-refractivity contribution in [3.05, 3.63) is 26.6 Å². The van der Waals surface area contributed by atoms with Crippen LogP contribution in [0.2, 0.25) is 0 Å². The topological polar surface area (TPSA) is 78.4 Å². The van der Waals surface area contributed by atoms with E-state index in [1.807, 2.05) is 19.1 Å². The van der Waals surface area contributed by atoms with Gasteiger partial charge in [-0.2, -0.15) is 0 Å². The van der Waals surface area contributed by atoms with Crippen LogP contribution in [-0.2, 0) is 4.79 Å². The maximum atomic E-state index is 11.6. The van der Waals surface area contributed by atoms with Crippen LogP contribution >= 0.6 is 31.9 Å². The van der Waals surface area contributed by atoms with Gasteiger partial charge in [0.05, 0.1) is 5.69 Å². The molecule has 5 nitrogen and oxygen atoms in total. The molecule has 1 aromatic carbocycles. The molecule has 104 valence electrons. The predicted molar refractivity (Wildman–Crippen MR) is 80.5 cm³/mol. The van der Waals surface area contributed by atoms with Gasteiger partial charge in [0.15, 0.2) is 0 Å². The smallest absolute Gasteiger partial charge is 0.319 e. The summed E-state index contributed by atoms with van der Waals surface area (Å²) in [4.78, 5) is 22.0. The van der Waals surface area contributed by atoms with E-state index in [9.17, 15) is 9.59 Å². The summed E-state index contributed by atoms with van der Waals surface area (Å²) < 4.78 is 1.56. The van der Waals surface area contributed by atoms with Crippen molar-refractivity contribution < 1.29 is 14.7 Å². The number of carbonyl (C=O) groups is 2. The Hall–Kier alpha value is -1.08. The van der Waals surface area contributed by atoms with Gasteiger partial charge in [0, 0.05) is 21.9 Å². The van der Waals surface area contributed by atoms with Gasteiger partial charge in [0.1, 0.15) is 0 Å². The Labute approximate surface area is 128 Å². The van der Waals surface area contributed by atoms with Crippen LogP contribution in [0, 0.1) is 6.92 Å². The van der Waals surface area contributed by atoms with Gasteiger partial charge in [0.25, 0.3) is 0 Å². The molecular formula is C12H14Br2N2O3. The first kappa shape index (κ1) is 16.0.